The Morgan fingerprint density at radius 3 is 2.78 bits per heavy atom. The molecule has 0 radical (unpaired) electrons. The summed E-state index contributed by atoms with van der Waals surface area (Å²) in [5.41, 5.74) is 1.21. The van der Waals surface area contributed by atoms with Crippen LogP contribution in [0.15, 0.2) is 34.7 Å². The summed E-state index contributed by atoms with van der Waals surface area (Å²) in [7, 11) is 0. The van der Waals surface area contributed by atoms with E-state index >= 15 is 0 Å². The lowest BCUT2D eigenvalue weighted by Gasteiger charge is -2.05. The molecule has 3 rings (SSSR count). The fourth-order valence-electron chi connectivity index (χ4n) is 2.22. The summed E-state index contributed by atoms with van der Waals surface area (Å²) in [5, 5.41) is 11.9. The number of hydrogen-bond acceptors (Lipinski definition) is 4. The largest absolute Gasteiger partial charge is 0.481 e. The number of aromatic nitrogens is 2. The fourth-order valence-corrected chi connectivity index (χ4v) is 3.42. The van der Waals surface area contributed by atoms with Crippen LogP contribution in [-0.4, -0.2) is 20.6 Å². The predicted molar refractivity (Wildman–Crippen MR) is 91.6 cm³/mol. The average Bonchev–Trinajstić information content (AvgIpc) is 2.94. The van der Waals surface area contributed by atoms with Crippen LogP contribution in [0.5, 0.6) is 0 Å². The molecule has 0 aliphatic carbocycles. The molecule has 0 atom stereocenters. The number of rotatable bonds is 4. The monoisotopic (exact) mass is 368 g/mol. The highest BCUT2D eigenvalue weighted by atomic mass is 35.5. The van der Waals surface area contributed by atoms with E-state index in [0.29, 0.717) is 25.8 Å². The van der Waals surface area contributed by atoms with Crippen molar-refractivity contribution in [2.24, 2.45) is 0 Å². The standard InChI is InChI=1S/C15H10Cl2N2O3S/c16-10-2-1-8(5-11(10)17)9-6-23-14-13(9)15(22)19(7-18-14)4-3-12(20)21/h1-2,5-7H,3-4H2,(H,20,21). The molecule has 1 N–H and O–H groups in total. The second kappa shape index (κ2) is 6.31. The van der Waals surface area contributed by atoms with E-state index in [9.17, 15) is 9.59 Å². The van der Waals surface area contributed by atoms with Crippen LogP contribution in [-0.2, 0) is 11.3 Å². The van der Waals surface area contributed by atoms with Crippen LogP contribution in [0.3, 0.4) is 0 Å². The third-order valence-corrected chi connectivity index (χ3v) is 4.98. The van der Waals surface area contributed by atoms with Crippen molar-refractivity contribution < 1.29 is 9.90 Å². The van der Waals surface area contributed by atoms with Crippen LogP contribution < -0.4 is 5.56 Å². The molecule has 118 valence electrons. The van der Waals surface area contributed by atoms with Gasteiger partial charge in [-0.05, 0) is 17.7 Å². The molecule has 23 heavy (non-hydrogen) atoms. The third-order valence-electron chi connectivity index (χ3n) is 3.36. The Hall–Kier alpha value is -1.89. The number of fused-ring (bicyclic) bond motifs is 1. The number of thiophene rings is 1. The Kier molecular flexibility index (Phi) is 4.39. The van der Waals surface area contributed by atoms with Gasteiger partial charge in [0.2, 0.25) is 0 Å². The Bertz CT molecular complexity index is 965. The summed E-state index contributed by atoms with van der Waals surface area (Å²) >= 11 is 13.3. The van der Waals surface area contributed by atoms with E-state index < -0.39 is 5.97 Å². The molecule has 0 spiro atoms. The van der Waals surface area contributed by atoms with E-state index in [1.165, 1.54) is 22.2 Å². The maximum Gasteiger partial charge on any atom is 0.305 e. The minimum absolute atomic E-state index is 0.0772. The molecule has 0 aliphatic heterocycles. The van der Waals surface area contributed by atoms with Crippen LogP contribution in [0.2, 0.25) is 10.0 Å². The van der Waals surface area contributed by atoms with Crippen LogP contribution in [0.25, 0.3) is 21.3 Å². The maximum atomic E-state index is 12.6. The summed E-state index contributed by atoms with van der Waals surface area (Å²) in [6.07, 6.45) is 1.24. The molecule has 2 aromatic heterocycles. The van der Waals surface area contributed by atoms with E-state index in [4.69, 9.17) is 28.3 Å². The summed E-state index contributed by atoms with van der Waals surface area (Å²) in [4.78, 5) is 28.2. The Balaban J connectivity index is 2.14. The SMILES string of the molecule is O=C(O)CCn1cnc2scc(-c3ccc(Cl)c(Cl)c3)c2c1=O. The molecule has 0 bridgehead atoms. The van der Waals surface area contributed by atoms with Gasteiger partial charge in [0.25, 0.3) is 5.56 Å². The van der Waals surface area contributed by atoms with Gasteiger partial charge in [0.05, 0.1) is 28.2 Å². The minimum atomic E-state index is -0.966. The number of carboxylic acids is 1. The zero-order chi connectivity index (χ0) is 16.6. The van der Waals surface area contributed by atoms with Gasteiger partial charge in [0.15, 0.2) is 0 Å². The number of carbonyl (C=O) groups is 1. The first-order valence-electron chi connectivity index (χ1n) is 6.61. The second-order valence-electron chi connectivity index (χ2n) is 4.85. The van der Waals surface area contributed by atoms with Gasteiger partial charge in [-0.1, -0.05) is 29.3 Å². The lowest BCUT2D eigenvalue weighted by molar-refractivity contribution is -0.137. The van der Waals surface area contributed by atoms with Crippen molar-refractivity contribution in [1.29, 1.82) is 0 Å². The zero-order valence-electron chi connectivity index (χ0n) is 11.6. The van der Waals surface area contributed by atoms with E-state index in [1.54, 1.807) is 18.2 Å². The third kappa shape index (κ3) is 3.10. The molecule has 8 heteroatoms. The molecule has 0 amide bonds. The maximum absolute atomic E-state index is 12.6. The quantitative estimate of drug-likeness (QED) is 0.757. The highest BCUT2D eigenvalue weighted by molar-refractivity contribution is 7.17. The Morgan fingerprint density at radius 1 is 1.30 bits per heavy atom. The summed E-state index contributed by atoms with van der Waals surface area (Å²) in [6, 6.07) is 5.14. The molecular weight excluding hydrogens is 359 g/mol. The van der Waals surface area contributed by atoms with Crippen molar-refractivity contribution in [3.63, 3.8) is 0 Å². The normalized spacial score (nSPS) is 11.0. The summed E-state index contributed by atoms with van der Waals surface area (Å²) in [5.74, 6) is -0.966. The first kappa shape index (κ1) is 16.0. The van der Waals surface area contributed by atoms with Crippen molar-refractivity contribution in [2.75, 3.05) is 0 Å². The Labute approximate surface area is 144 Å². The molecule has 0 unspecified atom stereocenters. The van der Waals surface area contributed by atoms with Crippen LogP contribution >= 0.6 is 34.5 Å². The summed E-state index contributed by atoms with van der Waals surface area (Å²) < 4.78 is 1.31. The molecule has 0 saturated carbocycles. The molecule has 0 fully saturated rings. The zero-order valence-corrected chi connectivity index (χ0v) is 14.0. The van der Waals surface area contributed by atoms with Crippen molar-refractivity contribution in [1.82, 2.24) is 9.55 Å². The Morgan fingerprint density at radius 2 is 2.09 bits per heavy atom. The molecule has 5 nitrogen and oxygen atoms in total. The summed E-state index contributed by atoms with van der Waals surface area (Å²) in [6.45, 7) is 0.0772. The molecule has 3 aromatic rings. The lowest BCUT2D eigenvalue weighted by atomic mass is 10.1. The van der Waals surface area contributed by atoms with Gasteiger partial charge in [-0.25, -0.2) is 4.98 Å². The van der Waals surface area contributed by atoms with Gasteiger partial charge in [0, 0.05) is 17.5 Å². The van der Waals surface area contributed by atoms with Crippen molar-refractivity contribution in [3.8, 4) is 11.1 Å². The van der Waals surface area contributed by atoms with Crippen LogP contribution in [0.1, 0.15) is 6.42 Å². The van der Waals surface area contributed by atoms with Gasteiger partial charge in [-0.15, -0.1) is 11.3 Å². The number of benzene rings is 1. The minimum Gasteiger partial charge on any atom is -0.481 e. The van der Waals surface area contributed by atoms with E-state index in [1.807, 2.05) is 5.38 Å². The first-order chi connectivity index (χ1) is 11.0. The molecule has 2 heterocycles. The number of nitrogens with zero attached hydrogens (tertiary/aromatic N) is 2. The van der Waals surface area contributed by atoms with Gasteiger partial charge < -0.3 is 5.11 Å². The number of halogens is 2. The number of carboxylic acid groups (broad SMARTS) is 1. The predicted octanol–water partition coefficient (Wildman–Crippen LogP) is 3.91. The van der Waals surface area contributed by atoms with Crippen LogP contribution in [0.4, 0.5) is 0 Å². The smallest absolute Gasteiger partial charge is 0.305 e. The van der Waals surface area contributed by atoms with Crippen molar-refractivity contribution in [2.45, 2.75) is 13.0 Å². The van der Waals surface area contributed by atoms with Gasteiger partial charge >= 0.3 is 5.97 Å². The van der Waals surface area contributed by atoms with Gasteiger partial charge in [-0.2, -0.15) is 0 Å². The van der Waals surface area contributed by atoms with E-state index in [0.717, 1.165) is 5.56 Å². The molecule has 1 aromatic carbocycles. The van der Waals surface area contributed by atoms with E-state index in [2.05, 4.69) is 4.98 Å². The topological polar surface area (TPSA) is 72.2 Å². The average molecular weight is 369 g/mol. The molecule has 0 saturated heterocycles. The number of aliphatic carboxylic acids is 1. The van der Waals surface area contributed by atoms with Crippen molar-refractivity contribution >= 4 is 50.7 Å². The van der Waals surface area contributed by atoms with Crippen LogP contribution in [0, 0.1) is 0 Å². The van der Waals surface area contributed by atoms with Gasteiger partial charge in [-0.3, -0.25) is 14.2 Å². The van der Waals surface area contributed by atoms with E-state index in [-0.39, 0.29) is 18.5 Å². The van der Waals surface area contributed by atoms with Gasteiger partial charge in [0.1, 0.15) is 4.83 Å². The lowest BCUT2D eigenvalue weighted by Crippen LogP contribution is -2.21. The number of aryl methyl sites for hydroxylation is 1. The van der Waals surface area contributed by atoms with Crippen molar-refractivity contribution in [3.05, 3.63) is 50.3 Å². The number of hydrogen-bond donors (Lipinski definition) is 1. The molecule has 0 aliphatic rings. The fraction of sp³-hybridized carbons (Fsp3) is 0.133. The first-order valence-corrected chi connectivity index (χ1v) is 8.25. The highest BCUT2D eigenvalue weighted by Crippen LogP contribution is 2.34. The highest BCUT2D eigenvalue weighted by Gasteiger charge is 2.14. The molecular formula is C15H10Cl2N2O3S. The second-order valence-corrected chi connectivity index (χ2v) is 6.52.